The first-order chi connectivity index (χ1) is 12.3. The predicted molar refractivity (Wildman–Crippen MR) is 100 cm³/mol. The van der Waals surface area contributed by atoms with Crippen LogP contribution in [0.1, 0.15) is 19.3 Å². The molecule has 5 nitrogen and oxygen atoms in total. The van der Waals surface area contributed by atoms with E-state index in [4.69, 9.17) is 0 Å². The van der Waals surface area contributed by atoms with Crippen molar-refractivity contribution in [2.75, 3.05) is 18.8 Å². The van der Waals surface area contributed by atoms with Gasteiger partial charge in [-0.1, -0.05) is 23.9 Å². The first-order valence-electron chi connectivity index (χ1n) is 8.61. The maximum Gasteiger partial charge on any atom is 0.232 e. The van der Waals surface area contributed by atoms with Crippen LogP contribution in [0.15, 0.2) is 47.6 Å². The van der Waals surface area contributed by atoms with Crippen molar-refractivity contribution in [3.63, 3.8) is 0 Å². The lowest BCUT2D eigenvalue weighted by Gasteiger charge is -2.26. The zero-order valence-electron chi connectivity index (χ0n) is 13.9. The molecule has 3 heterocycles. The van der Waals surface area contributed by atoms with Crippen molar-refractivity contribution >= 4 is 28.7 Å². The molecular formula is C19H20N4OS. The number of imidazole rings is 1. The van der Waals surface area contributed by atoms with Gasteiger partial charge in [0, 0.05) is 24.8 Å². The third kappa shape index (κ3) is 3.69. The number of para-hydroxylation sites is 2. The standard InChI is InChI=1S/C19H20N4OS/c24-18(23-10-4-1-5-11-23)13-25-17-9-8-14(12-20-17)19-21-15-6-2-3-7-16(15)22-19/h2-3,6-9,12H,1,4-5,10-11,13H2,(H,21,22). The summed E-state index contributed by atoms with van der Waals surface area (Å²) in [5.41, 5.74) is 2.91. The summed E-state index contributed by atoms with van der Waals surface area (Å²) in [6, 6.07) is 11.9. The molecule has 1 aliphatic rings. The highest BCUT2D eigenvalue weighted by Gasteiger charge is 2.16. The molecule has 0 bridgehead atoms. The van der Waals surface area contributed by atoms with Gasteiger partial charge in [-0.25, -0.2) is 9.97 Å². The lowest BCUT2D eigenvalue weighted by Crippen LogP contribution is -2.36. The van der Waals surface area contributed by atoms with Crippen LogP contribution in [0.4, 0.5) is 0 Å². The fraction of sp³-hybridized carbons (Fsp3) is 0.316. The highest BCUT2D eigenvalue weighted by Crippen LogP contribution is 2.23. The third-order valence-electron chi connectivity index (χ3n) is 4.45. The molecule has 1 saturated heterocycles. The Kier molecular flexibility index (Phi) is 4.70. The number of carbonyl (C=O) groups excluding carboxylic acids is 1. The van der Waals surface area contributed by atoms with Gasteiger partial charge in [-0.15, -0.1) is 0 Å². The van der Waals surface area contributed by atoms with E-state index in [1.807, 2.05) is 47.5 Å². The van der Waals surface area contributed by atoms with Crippen molar-refractivity contribution in [2.24, 2.45) is 0 Å². The maximum absolute atomic E-state index is 12.2. The first kappa shape index (κ1) is 16.1. The Balaban J connectivity index is 1.40. The highest BCUT2D eigenvalue weighted by molar-refractivity contribution is 7.99. The number of likely N-dealkylation sites (tertiary alicyclic amines) is 1. The van der Waals surface area contributed by atoms with Gasteiger partial charge in [-0.3, -0.25) is 4.79 Å². The van der Waals surface area contributed by atoms with E-state index >= 15 is 0 Å². The van der Waals surface area contributed by atoms with Crippen molar-refractivity contribution in [1.82, 2.24) is 19.9 Å². The molecule has 0 unspecified atom stereocenters. The zero-order valence-corrected chi connectivity index (χ0v) is 14.8. The molecule has 1 aliphatic heterocycles. The molecule has 3 aromatic rings. The number of nitrogens with zero attached hydrogens (tertiary/aromatic N) is 3. The number of piperidine rings is 1. The fourth-order valence-electron chi connectivity index (χ4n) is 3.07. The van der Waals surface area contributed by atoms with Crippen molar-refractivity contribution in [3.8, 4) is 11.4 Å². The third-order valence-corrected chi connectivity index (χ3v) is 5.38. The van der Waals surface area contributed by atoms with Crippen molar-refractivity contribution in [3.05, 3.63) is 42.6 Å². The van der Waals surface area contributed by atoms with E-state index in [9.17, 15) is 4.79 Å². The molecule has 0 radical (unpaired) electrons. The predicted octanol–water partition coefficient (Wildman–Crippen LogP) is 3.73. The van der Waals surface area contributed by atoms with E-state index in [0.29, 0.717) is 5.75 Å². The Morgan fingerprint density at radius 2 is 1.96 bits per heavy atom. The Bertz CT molecular complexity index is 836. The molecule has 1 amide bonds. The minimum Gasteiger partial charge on any atom is -0.342 e. The minimum absolute atomic E-state index is 0.216. The number of pyridine rings is 1. The average Bonchev–Trinajstić information content (AvgIpc) is 3.11. The van der Waals surface area contributed by atoms with Gasteiger partial charge in [0.1, 0.15) is 5.82 Å². The van der Waals surface area contributed by atoms with Crippen LogP contribution in [0.25, 0.3) is 22.4 Å². The van der Waals surface area contributed by atoms with E-state index in [1.54, 1.807) is 0 Å². The minimum atomic E-state index is 0.216. The Hall–Kier alpha value is -2.34. The summed E-state index contributed by atoms with van der Waals surface area (Å²) in [7, 11) is 0. The normalized spacial score (nSPS) is 14.8. The van der Waals surface area contributed by atoms with Crippen molar-refractivity contribution in [2.45, 2.75) is 24.3 Å². The number of aromatic amines is 1. The zero-order chi connectivity index (χ0) is 17.1. The summed E-state index contributed by atoms with van der Waals surface area (Å²) in [5, 5.41) is 0.866. The molecule has 0 saturated carbocycles. The second-order valence-electron chi connectivity index (χ2n) is 6.22. The van der Waals surface area contributed by atoms with Gasteiger partial charge in [0.25, 0.3) is 0 Å². The largest absolute Gasteiger partial charge is 0.342 e. The molecule has 6 heteroatoms. The summed E-state index contributed by atoms with van der Waals surface area (Å²) in [5.74, 6) is 1.49. The SMILES string of the molecule is O=C(CSc1ccc(-c2nc3ccccc3[nH]2)cn1)N1CCCCC1. The van der Waals surface area contributed by atoms with Crippen LogP contribution in [-0.4, -0.2) is 44.6 Å². The highest BCUT2D eigenvalue weighted by atomic mass is 32.2. The second-order valence-corrected chi connectivity index (χ2v) is 7.21. The van der Waals surface area contributed by atoms with Gasteiger partial charge in [-0.2, -0.15) is 0 Å². The number of hydrogen-bond donors (Lipinski definition) is 1. The van der Waals surface area contributed by atoms with Crippen LogP contribution < -0.4 is 0 Å². The van der Waals surface area contributed by atoms with E-state index in [-0.39, 0.29) is 5.91 Å². The van der Waals surface area contributed by atoms with Crippen LogP contribution in [0.5, 0.6) is 0 Å². The van der Waals surface area contributed by atoms with Crippen LogP contribution in [0, 0.1) is 0 Å². The Morgan fingerprint density at radius 1 is 1.12 bits per heavy atom. The number of aromatic nitrogens is 3. The lowest BCUT2D eigenvalue weighted by atomic mass is 10.1. The summed E-state index contributed by atoms with van der Waals surface area (Å²) >= 11 is 1.50. The quantitative estimate of drug-likeness (QED) is 0.727. The van der Waals surface area contributed by atoms with Crippen LogP contribution in [0.3, 0.4) is 0 Å². The Morgan fingerprint density at radius 3 is 2.72 bits per heavy atom. The second kappa shape index (κ2) is 7.27. The van der Waals surface area contributed by atoms with Crippen LogP contribution in [0.2, 0.25) is 0 Å². The maximum atomic E-state index is 12.2. The molecule has 128 valence electrons. The molecular weight excluding hydrogens is 332 g/mol. The number of rotatable bonds is 4. The van der Waals surface area contributed by atoms with E-state index in [2.05, 4.69) is 15.0 Å². The van der Waals surface area contributed by atoms with Gasteiger partial charge in [0.05, 0.1) is 21.8 Å². The molecule has 0 spiro atoms. The van der Waals surface area contributed by atoms with Gasteiger partial charge >= 0.3 is 0 Å². The molecule has 1 fully saturated rings. The number of nitrogens with one attached hydrogen (secondary N) is 1. The van der Waals surface area contributed by atoms with E-state index < -0.39 is 0 Å². The van der Waals surface area contributed by atoms with Crippen molar-refractivity contribution < 1.29 is 4.79 Å². The number of thioether (sulfide) groups is 1. The molecule has 1 N–H and O–H groups in total. The smallest absolute Gasteiger partial charge is 0.232 e. The molecule has 4 rings (SSSR count). The number of carbonyl (C=O) groups is 1. The average molecular weight is 352 g/mol. The topological polar surface area (TPSA) is 61.9 Å². The molecule has 2 aromatic heterocycles. The van der Waals surface area contributed by atoms with Gasteiger partial charge in [-0.05, 0) is 43.5 Å². The van der Waals surface area contributed by atoms with E-state index in [1.165, 1.54) is 18.2 Å². The lowest BCUT2D eigenvalue weighted by molar-refractivity contribution is -0.129. The summed E-state index contributed by atoms with van der Waals surface area (Å²) in [4.78, 5) is 26.6. The number of amides is 1. The number of fused-ring (bicyclic) bond motifs is 1. The number of hydrogen-bond acceptors (Lipinski definition) is 4. The molecule has 0 aliphatic carbocycles. The fourth-order valence-corrected chi connectivity index (χ4v) is 3.81. The monoisotopic (exact) mass is 352 g/mol. The molecule has 1 aromatic carbocycles. The van der Waals surface area contributed by atoms with Crippen molar-refractivity contribution in [1.29, 1.82) is 0 Å². The summed E-state index contributed by atoms with van der Waals surface area (Å²) < 4.78 is 0. The van der Waals surface area contributed by atoms with Gasteiger partial charge < -0.3 is 9.88 Å². The van der Waals surface area contributed by atoms with Gasteiger partial charge in [0.15, 0.2) is 0 Å². The first-order valence-corrected chi connectivity index (χ1v) is 9.60. The molecule has 25 heavy (non-hydrogen) atoms. The van der Waals surface area contributed by atoms with Crippen LogP contribution >= 0.6 is 11.8 Å². The van der Waals surface area contributed by atoms with Crippen LogP contribution in [-0.2, 0) is 4.79 Å². The Labute approximate surface area is 150 Å². The number of H-pyrrole nitrogens is 1. The van der Waals surface area contributed by atoms with Gasteiger partial charge in [0.2, 0.25) is 5.91 Å². The number of benzene rings is 1. The summed E-state index contributed by atoms with van der Waals surface area (Å²) in [6.45, 7) is 1.80. The molecule has 0 atom stereocenters. The summed E-state index contributed by atoms with van der Waals surface area (Å²) in [6.07, 6.45) is 5.30. The van der Waals surface area contributed by atoms with E-state index in [0.717, 1.165) is 53.4 Å².